The zero-order valence-corrected chi connectivity index (χ0v) is 19.7. The smallest absolute Gasteiger partial charge is 0.280 e. The molecule has 5 rings (SSSR count). The maximum atomic E-state index is 13.8. The number of aryl methyl sites for hydroxylation is 2. The van der Waals surface area contributed by atoms with Gasteiger partial charge in [0, 0.05) is 16.8 Å². The minimum Gasteiger partial charge on any atom is -0.356 e. The zero-order valence-electron chi connectivity index (χ0n) is 19.7. The molecule has 0 aliphatic carbocycles. The molecule has 0 bridgehead atoms. The Hall–Kier alpha value is -3.89. The second-order valence-electron chi connectivity index (χ2n) is 8.84. The lowest BCUT2D eigenvalue weighted by Crippen LogP contribution is -2.53. The highest BCUT2D eigenvalue weighted by atomic mass is 16.7. The number of hydroxylamine groups is 2. The van der Waals surface area contributed by atoms with Crippen LogP contribution in [0.2, 0.25) is 0 Å². The predicted octanol–water partition coefficient (Wildman–Crippen LogP) is 6.42. The van der Waals surface area contributed by atoms with Gasteiger partial charge in [-0.05, 0) is 43.2 Å². The number of carbonyl (C=O) groups is 1. The van der Waals surface area contributed by atoms with Crippen molar-refractivity contribution in [1.82, 2.24) is 5.06 Å². The molecule has 1 aliphatic rings. The SMILES string of the molecule is CON1C(=O)c2cc(C)ccc2C1(Nc1ccc(C)cc1)C(c1ccccc1)c1ccccc1. The van der Waals surface area contributed by atoms with Gasteiger partial charge in [0.25, 0.3) is 5.91 Å². The fraction of sp³-hybridized carbons (Fsp3) is 0.167. The van der Waals surface area contributed by atoms with Crippen LogP contribution in [0.25, 0.3) is 0 Å². The number of nitrogens with one attached hydrogen (secondary N) is 1. The van der Waals surface area contributed by atoms with Gasteiger partial charge in [0.15, 0.2) is 5.66 Å². The van der Waals surface area contributed by atoms with E-state index in [1.807, 2.05) is 49.4 Å². The number of hydrogen-bond donors (Lipinski definition) is 1. The summed E-state index contributed by atoms with van der Waals surface area (Å²) in [7, 11) is 1.56. The fourth-order valence-electron chi connectivity index (χ4n) is 5.06. The number of carbonyl (C=O) groups excluding carboxylic acids is 1. The molecule has 170 valence electrons. The standard InChI is InChI=1S/C30H28N2O2/c1-21-14-17-25(18-15-21)31-30(27-19-16-22(2)20-26(27)29(33)32(30)34-3)28(23-10-6-4-7-11-23)24-12-8-5-9-13-24/h4-20,28,31H,1-3H3. The summed E-state index contributed by atoms with van der Waals surface area (Å²) in [5.41, 5.74) is 5.81. The first-order chi connectivity index (χ1) is 16.5. The number of fused-ring (bicyclic) bond motifs is 1. The first-order valence-electron chi connectivity index (χ1n) is 11.5. The topological polar surface area (TPSA) is 41.6 Å². The summed E-state index contributed by atoms with van der Waals surface area (Å²) in [6.45, 7) is 4.07. The highest BCUT2D eigenvalue weighted by molar-refractivity contribution is 6.00. The van der Waals surface area contributed by atoms with E-state index in [0.29, 0.717) is 5.56 Å². The van der Waals surface area contributed by atoms with E-state index in [-0.39, 0.29) is 11.8 Å². The molecule has 4 heteroatoms. The molecule has 34 heavy (non-hydrogen) atoms. The minimum atomic E-state index is -1.01. The van der Waals surface area contributed by atoms with Gasteiger partial charge in [0.05, 0.1) is 13.0 Å². The molecule has 1 amide bonds. The number of benzene rings is 4. The average molecular weight is 449 g/mol. The molecule has 0 fully saturated rings. The van der Waals surface area contributed by atoms with Crippen molar-refractivity contribution < 1.29 is 9.63 Å². The third-order valence-electron chi connectivity index (χ3n) is 6.57. The van der Waals surface area contributed by atoms with Gasteiger partial charge in [-0.1, -0.05) is 96.1 Å². The molecule has 1 unspecified atom stereocenters. The van der Waals surface area contributed by atoms with E-state index in [9.17, 15) is 4.79 Å². The number of amides is 1. The van der Waals surface area contributed by atoms with E-state index in [0.717, 1.165) is 27.9 Å². The summed E-state index contributed by atoms with van der Waals surface area (Å²) in [5, 5.41) is 5.28. The largest absolute Gasteiger partial charge is 0.356 e. The quantitative estimate of drug-likeness (QED) is 0.370. The van der Waals surface area contributed by atoms with Crippen LogP contribution in [0.5, 0.6) is 0 Å². The van der Waals surface area contributed by atoms with Crippen molar-refractivity contribution in [1.29, 1.82) is 0 Å². The summed E-state index contributed by atoms with van der Waals surface area (Å²) < 4.78 is 0. The predicted molar refractivity (Wildman–Crippen MR) is 136 cm³/mol. The summed E-state index contributed by atoms with van der Waals surface area (Å²) in [6.07, 6.45) is 0. The Kier molecular flexibility index (Phi) is 5.68. The van der Waals surface area contributed by atoms with Crippen LogP contribution in [-0.2, 0) is 10.5 Å². The zero-order chi connectivity index (χ0) is 23.7. The Bertz CT molecular complexity index is 1260. The lowest BCUT2D eigenvalue weighted by molar-refractivity contribution is -0.155. The first kappa shape index (κ1) is 21.9. The van der Waals surface area contributed by atoms with E-state index in [2.05, 4.69) is 72.9 Å². The lowest BCUT2D eigenvalue weighted by Gasteiger charge is -2.45. The van der Waals surface area contributed by atoms with Gasteiger partial charge in [-0.15, -0.1) is 0 Å². The van der Waals surface area contributed by atoms with Crippen LogP contribution in [0.4, 0.5) is 5.69 Å². The van der Waals surface area contributed by atoms with Gasteiger partial charge in [-0.2, -0.15) is 5.06 Å². The normalized spacial score (nSPS) is 17.2. The van der Waals surface area contributed by atoms with E-state index < -0.39 is 5.66 Å². The van der Waals surface area contributed by atoms with Crippen molar-refractivity contribution in [2.24, 2.45) is 0 Å². The van der Waals surface area contributed by atoms with Crippen molar-refractivity contribution in [2.75, 3.05) is 12.4 Å². The van der Waals surface area contributed by atoms with E-state index in [4.69, 9.17) is 4.84 Å². The molecule has 1 N–H and O–H groups in total. The molecule has 1 atom stereocenters. The van der Waals surface area contributed by atoms with Gasteiger partial charge in [-0.3, -0.25) is 9.63 Å². The molecule has 4 aromatic rings. The Labute approximate surface area is 200 Å². The number of nitrogens with zero attached hydrogens (tertiary/aromatic N) is 1. The minimum absolute atomic E-state index is 0.155. The molecule has 0 aromatic heterocycles. The van der Waals surface area contributed by atoms with Crippen LogP contribution in [0.15, 0.2) is 103 Å². The monoisotopic (exact) mass is 448 g/mol. The molecule has 0 saturated carbocycles. The third kappa shape index (κ3) is 3.57. The van der Waals surface area contributed by atoms with Crippen LogP contribution in [0, 0.1) is 13.8 Å². The lowest BCUT2D eigenvalue weighted by atomic mass is 9.76. The molecule has 0 radical (unpaired) electrons. The van der Waals surface area contributed by atoms with Gasteiger partial charge < -0.3 is 5.32 Å². The maximum absolute atomic E-state index is 13.8. The number of anilines is 1. The summed E-state index contributed by atoms with van der Waals surface area (Å²) in [4.78, 5) is 19.7. The van der Waals surface area contributed by atoms with Gasteiger partial charge in [-0.25, -0.2) is 0 Å². The Morgan fingerprint density at radius 2 is 1.32 bits per heavy atom. The van der Waals surface area contributed by atoms with E-state index in [1.54, 1.807) is 7.11 Å². The molecule has 0 saturated heterocycles. The molecule has 1 aliphatic heterocycles. The van der Waals surface area contributed by atoms with Crippen LogP contribution >= 0.6 is 0 Å². The second kappa shape index (κ2) is 8.81. The van der Waals surface area contributed by atoms with Crippen LogP contribution in [0.3, 0.4) is 0 Å². The maximum Gasteiger partial charge on any atom is 0.280 e. The molecular formula is C30H28N2O2. The third-order valence-corrected chi connectivity index (χ3v) is 6.57. The van der Waals surface area contributed by atoms with Crippen LogP contribution in [0.1, 0.15) is 44.1 Å². The molecule has 4 aromatic carbocycles. The van der Waals surface area contributed by atoms with Crippen LogP contribution < -0.4 is 5.32 Å². The number of hydrogen-bond acceptors (Lipinski definition) is 3. The molecular weight excluding hydrogens is 420 g/mol. The summed E-state index contributed by atoms with van der Waals surface area (Å²) in [6, 6.07) is 34.9. The average Bonchev–Trinajstić information content (AvgIpc) is 3.09. The van der Waals surface area contributed by atoms with Gasteiger partial charge >= 0.3 is 0 Å². The Morgan fingerprint density at radius 3 is 1.88 bits per heavy atom. The van der Waals surface area contributed by atoms with Crippen molar-refractivity contribution in [3.05, 3.63) is 137 Å². The van der Waals surface area contributed by atoms with Crippen LogP contribution in [-0.4, -0.2) is 18.1 Å². The first-order valence-corrected chi connectivity index (χ1v) is 11.5. The van der Waals surface area contributed by atoms with Gasteiger partial charge in [0.2, 0.25) is 0 Å². The van der Waals surface area contributed by atoms with Crippen molar-refractivity contribution in [3.8, 4) is 0 Å². The summed E-state index contributed by atoms with van der Waals surface area (Å²) in [5.74, 6) is -0.401. The van der Waals surface area contributed by atoms with Crippen molar-refractivity contribution in [3.63, 3.8) is 0 Å². The molecule has 4 nitrogen and oxygen atoms in total. The van der Waals surface area contributed by atoms with Crippen molar-refractivity contribution >= 4 is 11.6 Å². The van der Waals surface area contributed by atoms with Gasteiger partial charge in [0.1, 0.15) is 0 Å². The molecule has 0 spiro atoms. The second-order valence-corrected chi connectivity index (χ2v) is 8.84. The Morgan fingerprint density at radius 1 is 0.765 bits per heavy atom. The molecule has 1 heterocycles. The highest BCUT2D eigenvalue weighted by Crippen LogP contribution is 2.51. The summed E-state index contributed by atoms with van der Waals surface area (Å²) >= 11 is 0. The van der Waals surface area contributed by atoms with Crippen molar-refractivity contribution in [2.45, 2.75) is 25.4 Å². The van der Waals surface area contributed by atoms with E-state index >= 15 is 0 Å². The highest BCUT2D eigenvalue weighted by Gasteiger charge is 2.56. The van der Waals surface area contributed by atoms with E-state index in [1.165, 1.54) is 10.6 Å². The fourth-order valence-corrected chi connectivity index (χ4v) is 5.06. The Balaban J connectivity index is 1.84. The number of rotatable bonds is 6.